The average Bonchev–Trinajstić information content (AvgIpc) is 2.85. The van der Waals surface area contributed by atoms with Gasteiger partial charge >= 0.3 is 0 Å². The maximum Gasteiger partial charge on any atom is 0.257 e. The van der Waals surface area contributed by atoms with E-state index in [4.69, 9.17) is 9.72 Å². The minimum Gasteiger partial charge on any atom is -0.378 e. The minimum atomic E-state index is -0.0359. The first kappa shape index (κ1) is 25.7. The van der Waals surface area contributed by atoms with Crippen molar-refractivity contribution >= 4 is 17.7 Å². The van der Waals surface area contributed by atoms with Gasteiger partial charge in [0.25, 0.3) is 5.56 Å². The van der Waals surface area contributed by atoms with Crippen LogP contribution >= 0.6 is 11.8 Å². The standard InChI is InChI=1S/C27H33N3O3S/c1-30-26(32)23(19-22-13-7-4-8-14-22)24(20-33-2)29-27(30)34-18-10-9-15-25(31)28-17-16-21-11-5-3-6-12-21/h3-8,11-14H,9-10,15-20H2,1-2H3,(H,28,31). The second kappa shape index (κ2) is 13.7. The molecular weight excluding hydrogens is 446 g/mol. The van der Waals surface area contributed by atoms with Gasteiger partial charge in [0.1, 0.15) is 0 Å². The Kier molecular flexibility index (Phi) is 10.4. The van der Waals surface area contributed by atoms with Crippen molar-refractivity contribution in [3.05, 3.63) is 93.4 Å². The molecule has 3 rings (SSSR count). The minimum absolute atomic E-state index is 0.0359. The summed E-state index contributed by atoms with van der Waals surface area (Å²) in [5, 5.41) is 3.67. The van der Waals surface area contributed by atoms with E-state index in [-0.39, 0.29) is 11.5 Å². The molecule has 3 aromatic rings. The third-order valence-electron chi connectivity index (χ3n) is 5.54. The van der Waals surface area contributed by atoms with Crippen molar-refractivity contribution in [2.75, 3.05) is 19.4 Å². The summed E-state index contributed by atoms with van der Waals surface area (Å²) < 4.78 is 6.94. The Bertz CT molecular complexity index is 1100. The zero-order valence-electron chi connectivity index (χ0n) is 20.0. The molecule has 34 heavy (non-hydrogen) atoms. The van der Waals surface area contributed by atoms with E-state index in [2.05, 4.69) is 17.4 Å². The lowest BCUT2D eigenvalue weighted by molar-refractivity contribution is -0.121. The van der Waals surface area contributed by atoms with E-state index in [9.17, 15) is 9.59 Å². The molecule has 1 amide bonds. The van der Waals surface area contributed by atoms with Crippen molar-refractivity contribution < 1.29 is 9.53 Å². The monoisotopic (exact) mass is 479 g/mol. The number of carbonyl (C=O) groups is 1. The van der Waals surface area contributed by atoms with Crippen LogP contribution in [-0.4, -0.2) is 34.9 Å². The fraction of sp³-hybridized carbons (Fsp3) is 0.370. The number of thioether (sulfide) groups is 1. The Morgan fingerprint density at radius 2 is 1.71 bits per heavy atom. The van der Waals surface area contributed by atoms with E-state index in [0.717, 1.165) is 30.6 Å². The molecule has 0 unspecified atom stereocenters. The lowest BCUT2D eigenvalue weighted by Crippen LogP contribution is -2.27. The number of hydrogen-bond acceptors (Lipinski definition) is 5. The molecule has 0 aliphatic carbocycles. The van der Waals surface area contributed by atoms with E-state index in [1.165, 1.54) is 5.56 Å². The highest BCUT2D eigenvalue weighted by Crippen LogP contribution is 2.19. The van der Waals surface area contributed by atoms with E-state index < -0.39 is 0 Å². The lowest BCUT2D eigenvalue weighted by Gasteiger charge is -2.14. The van der Waals surface area contributed by atoms with Crippen molar-refractivity contribution in [3.8, 4) is 0 Å². The third-order valence-corrected chi connectivity index (χ3v) is 6.66. The molecule has 7 heteroatoms. The number of nitrogens with one attached hydrogen (secondary N) is 1. The molecule has 0 aliphatic rings. The van der Waals surface area contributed by atoms with E-state index >= 15 is 0 Å². The molecule has 180 valence electrons. The van der Waals surface area contributed by atoms with Crippen LogP contribution in [0.15, 0.2) is 70.6 Å². The topological polar surface area (TPSA) is 73.2 Å². The number of methoxy groups -OCH3 is 1. The summed E-state index contributed by atoms with van der Waals surface area (Å²) >= 11 is 1.55. The van der Waals surface area contributed by atoms with Gasteiger partial charge in [0.15, 0.2) is 5.16 Å². The van der Waals surface area contributed by atoms with Crippen LogP contribution in [0, 0.1) is 0 Å². The quantitative estimate of drug-likeness (QED) is 0.227. The molecule has 0 fully saturated rings. The maximum absolute atomic E-state index is 13.1. The van der Waals surface area contributed by atoms with E-state index in [0.29, 0.717) is 42.4 Å². The summed E-state index contributed by atoms with van der Waals surface area (Å²) in [4.78, 5) is 29.9. The fourth-order valence-corrected chi connectivity index (χ4v) is 4.65. The number of benzene rings is 2. The Balaban J connectivity index is 1.47. The average molecular weight is 480 g/mol. The smallest absolute Gasteiger partial charge is 0.257 e. The number of ether oxygens (including phenoxy) is 1. The second-order valence-electron chi connectivity index (χ2n) is 8.17. The number of aromatic nitrogens is 2. The van der Waals surface area contributed by atoms with Crippen molar-refractivity contribution in [1.82, 2.24) is 14.9 Å². The number of rotatable bonds is 13. The molecule has 0 aliphatic heterocycles. The van der Waals surface area contributed by atoms with Gasteiger partial charge in [-0.1, -0.05) is 72.4 Å². The van der Waals surface area contributed by atoms with Crippen molar-refractivity contribution in [1.29, 1.82) is 0 Å². The van der Waals surface area contributed by atoms with Crippen LogP contribution in [0.2, 0.25) is 0 Å². The Morgan fingerprint density at radius 3 is 2.38 bits per heavy atom. The first-order chi connectivity index (χ1) is 16.6. The predicted molar refractivity (Wildman–Crippen MR) is 137 cm³/mol. The zero-order chi connectivity index (χ0) is 24.2. The van der Waals surface area contributed by atoms with Crippen LogP contribution in [0.4, 0.5) is 0 Å². The predicted octanol–water partition coefficient (Wildman–Crippen LogP) is 4.14. The van der Waals surface area contributed by atoms with Gasteiger partial charge in [-0.05, 0) is 30.4 Å². The van der Waals surface area contributed by atoms with Crippen LogP contribution < -0.4 is 10.9 Å². The van der Waals surface area contributed by atoms with Crippen molar-refractivity contribution in [3.63, 3.8) is 0 Å². The molecule has 0 saturated heterocycles. The normalized spacial score (nSPS) is 10.9. The molecule has 1 N–H and O–H groups in total. The SMILES string of the molecule is COCc1nc(SCCCCC(=O)NCCc2ccccc2)n(C)c(=O)c1Cc1ccccc1. The summed E-state index contributed by atoms with van der Waals surface area (Å²) in [6.45, 7) is 0.955. The second-order valence-corrected chi connectivity index (χ2v) is 9.23. The lowest BCUT2D eigenvalue weighted by atomic mass is 10.0. The molecule has 2 aromatic carbocycles. The van der Waals surface area contributed by atoms with Crippen LogP contribution in [0.1, 0.15) is 41.6 Å². The number of hydrogen-bond donors (Lipinski definition) is 1. The number of carbonyl (C=O) groups excluding carboxylic acids is 1. The maximum atomic E-state index is 13.1. The van der Waals surface area contributed by atoms with E-state index in [1.54, 1.807) is 30.5 Å². The highest BCUT2D eigenvalue weighted by atomic mass is 32.2. The molecule has 0 bridgehead atoms. The highest BCUT2D eigenvalue weighted by molar-refractivity contribution is 7.99. The van der Waals surface area contributed by atoms with Gasteiger partial charge in [0.05, 0.1) is 12.3 Å². The first-order valence-corrected chi connectivity index (χ1v) is 12.6. The molecule has 0 radical (unpaired) electrons. The Hall–Kier alpha value is -2.90. The summed E-state index contributed by atoms with van der Waals surface area (Å²) in [7, 11) is 3.38. The highest BCUT2D eigenvalue weighted by Gasteiger charge is 2.15. The van der Waals surface area contributed by atoms with Gasteiger partial charge in [-0.15, -0.1) is 0 Å². The van der Waals surface area contributed by atoms with Crippen molar-refractivity contribution in [2.24, 2.45) is 7.05 Å². The van der Waals surface area contributed by atoms with Gasteiger partial charge in [-0.2, -0.15) is 0 Å². The van der Waals surface area contributed by atoms with Crippen LogP contribution in [-0.2, 0) is 36.0 Å². The van der Waals surface area contributed by atoms with Crippen LogP contribution in [0.5, 0.6) is 0 Å². The third kappa shape index (κ3) is 7.85. The molecule has 1 aromatic heterocycles. The van der Waals surface area contributed by atoms with Gasteiger partial charge in [-0.25, -0.2) is 4.98 Å². The van der Waals surface area contributed by atoms with Crippen LogP contribution in [0.3, 0.4) is 0 Å². The molecule has 0 spiro atoms. The number of unbranched alkanes of at least 4 members (excludes halogenated alkanes) is 1. The van der Waals surface area contributed by atoms with Gasteiger partial charge < -0.3 is 10.1 Å². The first-order valence-electron chi connectivity index (χ1n) is 11.6. The van der Waals surface area contributed by atoms with Gasteiger partial charge in [0.2, 0.25) is 5.91 Å². The van der Waals surface area contributed by atoms with Crippen LogP contribution in [0.25, 0.3) is 0 Å². The molecular formula is C27H33N3O3S. The fourth-order valence-electron chi connectivity index (χ4n) is 3.66. The van der Waals surface area contributed by atoms with Crippen molar-refractivity contribution in [2.45, 2.75) is 43.9 Å². The van der Waals surface area contributed by atoms with E-state index in [1.807, 2.05) is 48.5 Å². The molecule has 6 nitrogen and oxygen atoms in total. The van der Waals surface area contributed by atoms with Gasteiger partial charge in [0, 0.05) is 44.9 Å². The van der Waals surface area contributed by atoms with Gasteiger partial charge in [-0.3, -0.25) is 14.2 Å². The zero-order valence-corrected chi connectivity index (χ0v) is 20.8. The Morgan fingerprint density at radius 1 is 1.03 bits per heavy atom. The summed E-state index contributed by atoms with van der Waals surface area (Å²) in [5.74, 6) is 0.876. The largest absolute Gasteiger partial charge is 0.378 e. The summed E-state index contributed by atoms with van der Waals surface area (Å²) in [5.41, 5.74) is 3.62. The molecule has 0 atom stereocenters. The summed E-state index contributed by atoms with van der Waals surface area (Å²) in [6, 6.07) is 20.1. The number of amides is 1. The Labute approximate surface area is 205 Å². The number of nitrogens with zero attached hydrogens (tertiary/aromatic N) is 2. The molecule has 1 heterocycles. The summed E-state index contributed by atoms with van der Waals surface area (Å²) in [6.07, 6.45) is 3.55. The molecule has 0 saturated carbocycles.